The Labute approximate surface area is 156 Å². The fourth-order valence-electron chi connectivity index (χ4n) is 2.01. The van der Waals surface area contributed by atoms with Crippen LogP contribution in [0.3, 0.4) is 0 Å². The van der Waals surface area contributed by atoms with Crippen LogP contribution in [0.5, 0.6) is 11.5 Å². The van der Waals surface area contributed by atoms with Crippen molar-refractivity contribution in [3.05, 3.63) is 53.6 Å². The third kappa shape index (κ3) is 5.45. The number of phenolic OH excluding ortho intramolecular Hbond substituents is 1. The van der Waals surface area contributed by atoms with E-state index in [0.29, 0.717) is 23.6 Å². The molecule has 0 aliphatic heterocycles. The highest BCUT2D eigenvalue weighted by Gasteiger charge is 2.05. The second kappa shape index (κ2) is 9.38. The van der Waals surface area contributed by atoms with Crippen molar-refractivity contribution in [2.24, 2.45) is 5.10 Å². The number of aromatic hydroxyl groups is 1. The summed E-state index contributed by atoms with van der Waals surface area (Å²) < 4.78 is 9.96. The number of esters is 1. The second-order valence-electron chi connectivity index (χ2n) is 5.05. The van der Waals surface area contributed by atoms with E-state index in [9.17, 15) is 9.90 Å². The van der Waals surface area contributed by atoms with Crippen LogP contribution in [0.25, 0.3) is 0 Å². The van der Waals surface area contributed by atoms with Crippen LogP contribution in [-0.4, -0.2) is 36.1 Å². The highest BCUT2D eigenvalue weighted by molar-refractivity contribution is 7.80. The molecule has 0 aliphatic carbocycles. The molecule has 8 heteroatoms. The first-order chi connectivity index (χ1) is 12.5. The Morgan fingerprint density at radius 2 is 2.00 bits per heavy atom. The van der Waals surface area contributed by atoms with Gasteiger partial charge in [0.25, 0.3) is 0 Å². The van der Waals surface area contributed by atoms with Gasteiger partial charge in [0.1, 0.15) is 0 Å². The van der Waals surface area contributed by atoms with Crippen molar-refractivity contribution in [3.63, 3.8) is 0 Å². The molecule has 0 atom stereocenters. The van der Waals surface area contributed by atoms with Crippen molar-refractivity contribution in [2.45, 2.75) is 6.92 Å². The number of ether oxygens (including phenoxy) is 2. The zero-order chi connectivity index (χ0) is 18.9. The fraction of sp³-hybridized carbons (Fsp3) is 0.167. The predicted octanol–water partition coefficient (Wildman–Crippen LogP) is 2.90. The number of nitrogens with one attached hydrogen (secondary N) is 2. The maximum Gasteiger partial charge on any atom is 0.337 e. The van der Waals surface area contributed by atoms with Gasteiger partial charge in [0.2, 0.25) is 0 Å². The number of carbonyl (C=O) groups is 1. The van der Waals surface area contributed by atoms with Gasteiger partial charge in [-0.25, -0.2) is 4.79 Å². The summed E-state index contributed by atoms with van der Waals surface area (Å²) >= 11 is 5.15. The monoisotopic (exact) mass is 373 g/mol. The maximum atomic E-state index is 11.4. The molecule has 0 saturated carbocycles. The summed E-state index contributed by atoms with van der Waals surface area (Å²) in [6.45, 7) is 2.29. The molecule has 0 unspecified atom stereocenters. The molecule has 0 spiro atoms. The minimum absolute atomic E-state index is 0.0737. The van der Waals surface area contributed by atoms with Crippen molar-refractivity contribution in [3.8, 4) is 11.5 Å². The van der Waals surface area contributed by atoms with Gasteiger partial charge in [0.15, 0.2) is 16.6 Å². The third-order valence-corrected chi connectivity index (χ3v) is 3.42. The summed E-state index contributed by atoms with van der Waals surface area (Å²) in [6.07, 6.45) is 1.55. The zero-order valence-electron chi connectivity index (χ0n) is 14.4. The summed E-state index contributed by atoms with van der Waals surface area (Å²) in [5.74, 6) is 0.0644. The lowest BCUT2D eigenvalue weighted by molar-refractivity contribution is 0.0601. The minimum Gasteiger partial charge on any atom is -0.504 e. The number of carbonyl (C=O) groups excluding carboxylic acids is 1. The molecule has 0 heterocycles. The number of hydrazone groups is 1. The molecule has 0 aromatic heterocycles. The molecule has 0 aliphatic rings. The van der Waals surface area contributed by atoms with Crippen LogP contribution in [0.4, 0.5) is 5.69 Å². The van der Waals surface area contributed by atoms with Crippen molar-refractivity contribution in [1.82, 2.24) is 5.43 Å². The third-order valence-electron chi connectivity index (χ3n) is 3.23. The molecular weight excluding hydrogens is 354 g/mol. The van der Waals surface area contributed by atoms with Gasteiger partial charge >= 0.3 is 5.97 Å². The summed E-state index contributed by atoms with van der Waals surface area (Å²) in [4.78, 5) is 11.4. The number of anilines is 1. The Hall–Kier alpha value is -3.13. The zero-order valence-corrected chi connectivity index (χ0v) is 15.2. The molecule has 0 bridgehead atoms. The predicted molar refractivity (Wildman–Crippen MR) is 104 cm³/mol. The van der Waals surface area contributed by atoms with Gasteiger partial charge in [0, 0.05) is 5.69 Å². The number of hydrogen-bond donors (Lipinski definition) is 3. The van der Waals surface area contributed by atoms with E-state index in [4.69, 9.17) is 17.0 Å². The van der Waals surface area contributed by atoms with E-state index in [1.54, 1.807) is 42.6 Å². The van der Waals surface area contributed by atoms with Crippen LogP contribution in [0.15, 0.2) is 47.6 Å². The molecule has 0 radical (unpaired) electrons. The number of thiocarbonyl (C=S) groups is 1. The Balaban J connectivity index is 1.91. The first-order valence-corrected chi connectivity index (χ1v) is 8.18. The molecule has 0 amide bonds. The largest absolute Gasteiger partial charge is 0.504 e. The van der Waals surface area contributed by atoms with Crippen LogP contribution in [0, 0.1) is 0 Å². The van der Waals surface area contributed by atoms with Crippen molar-refractivity contribution in [2.75, 3.05) is 19.0 Å². The van der Waals surface area contributed by atoms with Crippen LogP contribution < -0.4 is 15.5 Å². The van der Waals surface area contributed by atoms with Crippen molar-refractivity contribution in [1.29, 1.82) is 0 Å². The standard InChI is InChI=1S/C18H19N3O4S/c1-3-25-16-10-12(4-9-15(16)22)11-19-21-18(26)20-14-7-5-13(6-8-14)17(23)24-2/h4-11,22H,3H2,1-2H3,(H2,20,21,26). The number of hydrogen-bond acceptors (Lipinski definition) is 6. The lowest BCUT2D eigenvalue weighted by atomic mass is 10.2. The Bertz CT molecular complexity index is 807. The van der Waals surface area contributed by atoms with Gasteiger partial charge in [-0.15, -0.1) is 0 Å². The average molecular weight is 373 g/mol. The van der Waals surface area contributed by atoms with E-state index in [-0.39, 0.29) is 10.9 Å². The van der Waals surface area contributed by atoms with Gasteiger partial charge in [0.05, 0.1) is 25.5 Å². The second-order valence-corrected chi connectivity index (χ2v) is 5.46. The van der Waals surface area contributed by atoms with Gasteiger partial charge in [-0.05, 0) is 67.2 Å². The normalized spacial score (nSPS) is 10.4. The lowest BCUT2D eigenvalue weighted by Crippen LogP contribution is -2.23. The lowest BCUT2D eigenvalue weighted by Gasteiger charge is -2.08. The van der Waals surface area contributed by atoms with Crippen molar-refractivity contribution < 1.29 is 19.4 Å². The summed E-state index contributed by atoms with van der Waals surface area (Å²) in [6, 6.07) is 11.6. The van der Waals surface area contributed by atoms with Crippen LogP contribution in [0.1, 0.15) is 22.8 Å². The molecule has 26 heavy (non-hydrogen) atoms. The Morgan fingerprint density at radius 1 is 1.27 bits per heavy atom. The highest BCUT2D eigenvalue weighted by Crippen LogP contribution is 2.26. The van der Waals surface area contributed by atoms with Crippen molar-refractivity contribution >= 4 is 35.2 Å². The van der Waals surface area contributed by atoms with E-state index in [0.717, 1.165) is 5.56 Å². The van der Waals surface area contributed by atoms with Gasteiger partial charge < -0.3 is 19.9 Å². The molecular formula is C18H19N3O4S. The molecule has 3 N–H and O–H groups in total. The smallest absolute Gasteiger partial charge is 0.337 e. The topological polar surface area (TPSA) is 92.2 Å². The Morgan fingerprint density at radius 3 is 2.65 bits per heavy atom. The van der Waals surface area contributed by atoms with Gasteiger partial charge in [-0.1, -0.05) is 0 Å². The van der Waals surface area contributed by atoms with E-state index in [2.05, 4.69) is 20.6 Å². The fourth-order valence-corrected chi connectivity index (χ4v) is 2.18. The maximum absolute atomic E-state index is 11.4. The van der Waals surface area contributed by atoms with Crippen LogP contribution in [0.2, 0.25) is 0 Å². The molecule has 0 fully saturated rings. The van der Waals surface area contributed by atoms with Crippen LogP contribution >= 0.6 is 12.2 Å². The molecule has 2 aromatic carbocycles. The van der Waals surface area contributed by atoms with Gasteiger partial charge in [-0.2, -0.15) is 5.10 Å². The number of benzene rings is 2. The number of phenols is 1. The number of methoxy groups -OCH3 is 1. The molecule has 2 rings (SSSR count). The minimum atomic E-state index is -0.401. The molecule has 7 nitrogen and oxygen atoms in total. The molecule has 0 saturated heterocycles. The van der Waals surface area contributed by atoms with Gasteiger partial charge in [-0.3, -0.25) is 5.43 Å². The van der Waals surface area contributed by atoms with E-state index >= 15 is 0 Å². The average Bonchev–Trinajstić information content (AvgIpc) is 2.64. The highest BCUT2D eigenvalue weighted by atomic mass is 32.1. The van der Waals surface area contributed by atoms with Crippen LogP contribution in [-0.2, 0) is 4.74 Å². The van der Waals surface area contributed by atoms with E-state index in [1.165, 1.54) is 13.2 Å². The van der Waals surface area contributed by atoms with E-state index in [1.807, 2.05) is 6.92 Å². The summed E-state index contributed by atoms with van der Waals surface area (Å²) in [5, 5.41) is 16.9. The number of rotatable bonds is 6. The SMILES string of the molecule is CCOc1cc(C=NNC(=S)Nc2ccc(C(=O)OC)cc2)ccc1O. The first kappa shape index (κ1) is 19.2. The Kier molecular flexibility index (Phi) is 6.92. The quantitative estimate of drug-likeness (QED) is 0.310. The molecule has 136 valence electrons. The summed E-state index contributed by atoms with van der Waals surface area (Å²) in [5.41, 5.74) is 4.58. The first-order valence-electron chi connectivity index (χ1n) is 7.77. The summed E-state index contributed by atoms with van der Waals surface area (Å²) in [7, 11) is 1.33. The molecule has 2 aromatic rings. The number of nitrogens with zero attached hydrogens (tertiary/aromatic N) is 1. The van der Waals surface area contributed by atoms with E-state index < -0.39 is 5.97 Å².